The first-order valence-electron chi connectivity index (χ1n) is 10.6. The fourth-order valence-electron chi connectivity index (χ4n) is 3.64. The Bertz CT molecular complexity index is 1590. The van der Waals surface area contributed by atoms with Gasteiger partial charge < -0.3 is 5.32 Å². The number of hydrogen-bond donors (Lipinski definition) is 1. The molecule has 34 heavy (non-hydrogen) atoms. The number of carbonyl (C=O) groups is 1. The van der Waals surface area contributed by atoms with Gasteiger partial charge in [0.1, 0.15) is 5.82 Å². The van der Waals surface area contributed by atoms with Crippen LogP contribution in [0.5, 0.6) is 0 Å². The number of hydrogen-bond acceptors (Lipinski definition) is 7. The maximum absolute atomic E-state index is 13.0. The monoisotopic (exact) mass is 491 g/mol. The molecule has 1 amide bonds. The minimum Gasteiger partial charge on any atom is -0.306 e. The number of carbonyl (C=O) groups excluding carboxylic acids is 1. The van der Waals surface area contributed by atoms with Gasteiger partial charge in [0.15, 0.2) is 0 Å². The molecule has 1 N–H and O–H groups in total. The van der Waals surface area contributed by atoms with Crippen LogP contribution in [-0.2, 0) is 5.41 Å². The van der Waals surface area contributed by atoms with Crippen molar-refractivity contribution < 1.29 is 9.72 Å². The first-order valence-corrected chi connectivity index (χ1v) is 12.2. The summed E-state index contributed by atoms with van der Waals surface area (Å²) < 4.78 is 3.51. The SMILES string of the molecule is Cc1cc(NC(=O)c2cc3cc([N+](=O)[O-])ccc3s2)n(-c2nc3ccc(C(C)(C)C)cc3s2)n1. The average molecular weight is 492 g/mol. The summed E-state index contributed by atoms with van der Waals surface area (Å²) in [6, 6.07) is 14.3. The molecule has 2 aromatic carbocycles. The van der Waals surface area contributed by atoms with E-state index in [4.69, 9.17) is 4.98 Å². The average Bonchev–Trinajstić information content (AvgIpc) is 3.47. The number of non-ortho nitro benzene ring substituents is 1. The zero-order valence-electron chi connectivity index (χ0n) is 18.9. The van der Waals surface area contributed by atoms with Crippen LogP contribution in [0, 0.1) is 17.0 Å². The highest BCUT2D eigenvalue weighted by molar-refractivity contribution is 7.21. The predicted octanol–water partition coefficient (Wildman–Crippen LogP) is 6.46. The van der Waals surface area contributed by atoms with E-state index in [9.17, 15) is 14.9 Å². The van der Waals surface area contributed by atoms with Gasteiger partial charge >= 0.3 is 0 Å². The maximum atomic E-state index is 13.0. The summed E-state index contributed by atoms with van der Waals surface area (Å²) in [6.07, 6.45) is 0. The first kappa shape index (κ1) is 22.2. The van der Waals surface area contributed by atoms with Crippen molar-refractivity contribution in [1.29, 1.82) is 0 Å². The van der Waals surface area contributed by atoms with Gasteiger partial charge in [-0.15, -0.1) is 11.3 Å². The van der Waals surface area contributed by atoms with Gasteiger partial charge in [0.2, 0.25) is 5.13 Å². The van der Waals surface area contributed by atoms with Crippen LogP contribution in [-0.4, -0.2) is 25.6 Å². The zero-order chi connectivity index (χ0) is 24.2. The highest BCUT2D eigenvalue weighted by Gasteiger charge is 2.19. The van der Waals surface area contributed by atoms with Crippen molar-refractivity contribution in [2.45, 2.75) is 33.1 Å². The zero-order valence-corrected chi connectivity index (χ0v) is 20.6. The van der Waals surface area contributed by atoms with E-state index in [0.717, 1.165) is 20.6 Å². The molecule has 0 atom stereocenters. The van der Waals surface area contributed by atoms with E-state index < -0.39 is 4.92 Å². The van der Waals surface area contributed by atoms with Crippen molar-refractivity contribution >= 4 is 60.4 Å². The number of fused-ring (bicyclic) bond motifs is 2. The number of anilines is 1. The number of nitro benzene ring substituents is 1. The van der Waals surface area contributed by atoms with Gasteiger partial charge in [-0.05, 0) is 42.2 Å². The number of amides is 1. The second-order valence-electron chi connectivity index (χ2n) is 9.06. The Morgan fingerprint density at radius 3 is 2.59 bits per heavy atom. The molecule has 10 heteroatoms. The highest BCUT2D eigenvalue weighted by atomic mass is 32.1. The minimum absolute atomic E-state index is 0.00332. The predicted molar refractivity (Wildman–Crippen MR) is 137 cm³/mol. The Hall–Kier alpha value is -3.63. The summed E-state index contributed by atoms with van der Waals surface area (Å²) in [7, 11) is 0. The van der Waals surface area contributed by atoms with Crippen LogP contribution in [0.25, 0.3) is 25.4 Å². The number of thiazole rings is 1. The third kappa shape index (κ3) is 4.06. The van der Waals surface area contributed by atoms with Gasteiger partial charge in [-0.3, -0.25) is 14.9 Å². The maximum Gasteiger partial charge on any atom is 0.270 e. The number of nitrogens with zero attached hydrogens (tertiary/aromatic N) is 4. The van der Waals surface area contributed by atoms with Crippen molar-refractivity contribution in [2.24, 2.45) is 0 Å². The number of rotatable bonds is 4. The van der Waals surface area contributed by atoms with Crippen LogP contribution in [0.15, 0.2) is 48.5 Å². The van der Waals surface area contributed by atoms with E-state index in [1.807, 2.05) is 13.0 Å². The molecule has 0 unspecified atom stereocenters. The van der Waals surface area contributed by atoms with Gasteiger partial charge in [0.05, 0.1) is 25.7 Å². The summed E-state index contributed by atoms with van der Waals surface area (Å²) in [4.78, 5) is 28.8. The standard InChI is InChI=1S/C24H21N5O3S2/c1-13-9-21(26-22(30)20-11-14-10-16(29(31)32)6-8-18(14)33-20)28(27-13)23-25-17-7-5-15(24(2,3)4)12-19(17)34-23/h5-12H,1-4H3,(H,26,30). The quantitative estimate of drug-likeness (QED) is 0.229. The molecule has 8 nitrogen and oxygen atoms in total. The van der Waals surface area contributed by atoms with Crippen molar-refractivity contribution in [1.82, 2.24) is 14.8 Å². The van der Waals surface area contributed by atoms with Crippen LogP contribution in [0.3, 0.4) is 0 Å². The van der Waals surface area contributed by atoms with E-state index in [1.165, 1.54) is 40.4 Å². The van der Waals surface area contributed by atoms with E-state index in [-0.39, 0.29) is 17.0 Å². The summed E-state index contributed by atoms with van der Waals surface area (Å²) >= 11 is 2.80. The number of aryl methyl sites for hydroxylation is 1. The fourth-order valence-corrected chi connectivity index (χ4v) is 5.55. The Balaban J connectivity index is 1.47. The summed E-state index contributed by atoms with van der Waals surface area (Å²) in [5.74, 6) is 0.210. The normalized spacial score (nSPS) is 11.9. The lowest BCUT2D eigenvalue weighted by Crippen LogP contribution is -2.13. The number of thiophene rings is 1. The molecule has 0 aliphatic heterocycles. The molecule has 0 aliphatic carbocycles. The van der Waals surface area contributed by atoms with Crippen LogP contribution >= 0.6 is 22.7 Å². The molecule has 0 fully saturated rings. The molecule has 5 rings (SSSR count). The third-order valence-corrected chi connectivity index (χ3v) is 7.54. The molecular weight excluding hydrogens is 470 g/mol. The lowest BCUT2D eigenvalue weighted by atomic mass is 9.87. The number of nitrogens with one attached hydrogen (secondary N) is 1. The summed E-state index contributed by atoms with van der Waals surface area (Å²) in [6.45, 7) is 8.38. The van der Waals surface area contributed by atoms with Gasteiger partial charge in [0, 0.05) is 28.3 Å². The lowest BCUT2D eigenvalue weighted by Gasteiger charge is -2.18. The van der Waals surface area contributed by atoms with Crippen molar-refractivity contribution in [3.8, 4) is 5.13 Å². The van der Waals surface area contributed by atoms with E-state index in [0.29, 0.717) is 21.2 Å². The lowest BCUT2D eigenvalue weighted by molar-refractivity contribution is -0.384. The van der Waals surface area contributed by atoms with Crippen LogP contribution in [0.1, 0.15) is 41.7 Å². The van der Waals surface area contributed by atoms with Gasteiger partial charge in [0.25, 0.3) is 11.6 Å². The van der Waals surface area contributed by atoms with Crippen LogP contribution in [0.2, 0.25) is 0 Å². The van der Waals surface area contributed by atoms with E-state index in [2.05, 4.69) is 43.3 Å². The van der Waals surface area contributed by atoms with Crippen LogP contribution < -0.4 is 5.32 Å². The Morgan fingerprint density at radius 1 is 1.06 bits per heavy atom. The molecule has 172 valence electrons. The smallest absolute Gasteiger partial charge is 0.270 e. The highest BCUT2D eigenvalue weighted by Crippen LogP contribution is 2.33. The molecule has 0 saturated carbocycles. The molecular formula is C24H21N5O3S2. The van der Waals surface area contributed by atoms with Crippen molar-refractivity contribution in [3.63, 3.8) is 0 Å². The number of benzene rings is 2. The topological polar surface area (TPSA) is 103 Å². The minimum atomic E-state index is -0.444. The molecule has 0 bridgehead atoms. The van der Waals surface area contributed by atoms with Crippen molar-refractivity contribution in [2.75, 3.05) is 5.32 Å². The largest absolute Gasteiger partial charge is 0.306 e. The van der Waals surface area contributed by atoms with Gasteiger partial charge in [-0.25, -0.2) is 4.98 Å². The van der Waals surface area contributed by atoms with Gasteiger partial charge in [-0.2, -0.15) is 9.78 Å². The second-order valence-corrected chi connectivity index (χ2v) is 11.1. The number of aromatic nitrogens is 3. The Kier molecular flexibility index (Phi) is 5.22. The fraction of sp³-hybridized carbons (Fsp3) is 0.208. The first-order chi connectivity index (χ1) is 16.1. The third-order valence-electron chi connectivity index (χ3n) is 5.43. The van der Waals surface area contributed by atoms with E-state index in [1.54, 1.807) is 22.9 Å². The van der Waals surface area contributed by atoms with Crippen LogP contribution in [0.4, 0.5) is 11.5 Å². The van der Waals surface area contributed by atoms with Gasteiger partial charge in [-0.1, -0.05) is 38.2 Å². The molecule has 0 saturated heterocycles. The van der Waals surface area contributed by atoms with Crippen molar-refractivity contribution in [3.05, 3.63) is 74.8 Å². The summed E-state index contributed by atoms with van der Waals surface area (Å²) in [5.41, 5.74) is 2.88. The Labute approximate surface area is 203 Å². The molecule has 0 spiro atoms. The molecule has 0 radical (unpaired) electrons. The molecule has 3 aromatic heterocycles. The molecule has 3 heterocycles. The molecule has 5 aromatic rings. The second kappa shape index (κ2) is 8.00. The summed E-state index contributed by atoms with van der Waals surface area (Å²) in [5, 5.41) is 19.8. The number of nitro groups is 1. The Morgan fingerprint density at radius 2 is 1.85 bits per heavy atom. The molecule has 0 aliphatic rings. The van der Waals surface area contributed by atoms with E-state index >= 15 is 0 Å².